The molecule has 2 rings (SSSR count). The van der Waals surface area contributed by atoms with E-state index in [-0.39, 0.29) is 10.8 Å². The fraction of sp³-hybridized carbons (Fsp3) is 0.500. The van der Waals surface area contributed by atoms with Gasteiger partial charge in [-0.3, -0.25) is 4.79 Å². The largest absolute Gasteiger partial charge is 0.326 e. The van der Waals surface area contributed by atoms with Gasteiger partial charge in [0.15, 0.2) is 0 Å². The Morgan fingerprint density at radius 1 is 1.43 bits per heavy atom. The smallest absolute Gasteiger partial charge is 0.238 e. The number of anilines is 1. The van der Waals surface area contributed by atoms with E-state index in [1.54, 1.807) is 19.1 Å². The average Bonchev–Trinajstić information content (AvgIpc) is 2.40. The highest BCUT2D eigenvalue weighted by Gasteiger charge is 2.34. The summed E-state index contributed by atoms with van der Waals surface area (Å²) in [7, 11) is -3.80. The van der Waals surface area contributed by atoms with Gasteiger partial charge in [0.2, 0.25) is 15.9 Å². The molecular formula is C14H21N3O3S. The number of hydrogen-bond acceptors (Lipinski definition) is 4. The topological polar surface area (TPSA) is 101 Å². The molecule has 1 unspecified atom stereocenters. The van der Waals surface area contributed by atoms with E-state index in [9.17, 15) is 13.2 Å². The quantitative estimate of drug-likeness (QED) is 0.774. The summed E-state index contributed by atoms with van der Waals surface area (Å²) in [6.45, 7) is 5.11. The first-order valence-electron chi connectivity index (χ1n) is 6.88. The van der Waals surface area contributed by atoms with E-state index >= 15 is 0 Å². The minimum atomic E-state index is -3.80. The summed E-state index contributed by atoms with van der Waals surface area (Å²) in [6, 6.07) is 4.72. The van der Waals surface area contributed by atoms with Crippen LogP contribution in [0.1, 0.15) is 25.3 Å². The number of sulfonamides is 1. The van der Waals surface area contributed by atoms with E-state index < -0.39 is 15.4 Å². The Bertz CT molecular complexity index is 649. The molecule has 1 aliphatic rings. The molecule has 1 aliphatic heterocycles. The number of carbonyl (C=O) groups is 1. The van der Waals surface area contributed by atoms with Gasteiger partial charge in [0.05, 0.1) is 10.3 Å². The predicted octanol–water partition coefficient (Wildman–Crippen LogP) is 0.971. The number of amides is 1. The van der Waals surface area contributed by atoms with Crippen LogP contribution in [0, 0.1) is 12.3 Å². The van der Waals surface area contributed by atoms with E-state index in [1.807, 2.05) is 6.92 Å². The van der Waals surface area contributed by atoms with Crippen molar-refractivity contribution in [2.45, 2.75) is 31.6 Å². The fourth-order valence-electron chi connectivity index (χ4n) is 2.52. The maximum Gasteiger partial charge on any atom is 0.238 e. The van der Waals surface area contributed by atoms with Crippen LogP contribution in [-0.2, 0) is 14.8 Å². The van der Waals surface area contributed by atoms with E-state index in [4.69, 9.17) is 5.14 Å². The lowest BCUT2D eigenvalue weighted by molar-refractivity contribution is -0.125. The van der Waals surface area contributed by atoms with Gasteiger partial charge < -0.3 is 10.6 Å². The minimum absolute atomic E-state index is 0.0345. The number of rotatable bonds is 3. The van der Waals surface area contributed by atoms with Crippen LogP contribution in [0.15, 0.2) is 23.1 Å². The van der Waals surface area contributed by atoms with Crippen molar-refractivity contribution < 1.29 is 13.2 Å². The molecule has 116 valence electrons. The van der Waals surface area contributed by atoms with Gasteiger partial charge >= 0.3 is 0 Å². The third-order valence-electron chi connectivity index (χ3n) is 3.90. The highest BCUT2D eigenvalue weighted by molar-refractivity contribution is 7.89. The molecule has 1 atom stereocenters. The summed E-state index contributed by atoms with van der Waals surface area (Å²) >= 11 is 0. The van der Waals surface area contributed by atoms with E-state index in [0.29, 0.717) is 17.8 Å². The summed E-state index contributed by atoms with van der Waals surface area (Å²) in [4.78, 5) is 12.4. The third-order valence-corrected chi connectivity index (χ3v) is 4.95. The van der Waals surface area contributed by atoms with Gasteiger partial charge in [0, 0.05) is 12.2 Å². The number of nitrogens with two attached hydrogens (primary N) is 1. The Kier molecular flexibility index (Phi) is 4.36. The van der Waals surface area contributed by atoms with E-state index in [0.717, 1.165) is 19.4 Å². The molecule has 1 amide bonds. The Morgan fingerprint density at radius 3 is 2.71 bits per heavy atom. The van der Waals surface area contributed by atoms with Gasteiger partial charge in [-0.2, -0.15) is 0 Å². The maximum absolute atomic E-state index is 12.4. The standard InChI is InChI=1S/C14H21N3O3S/c1-10-4-5-11(8-12(10)21(15,19)20)17-13(18)14(2)6-3-7-16-9-14/h4-5,8,16H,3,6-7,9H2,1-2H3,(H,17,18)(H2,15,19,20). The molecule has 1 aromatic carbocycles. The Hall–Kier alpha value is -1.44. The van der Waals surface area contributed by atoms with Crippen LogP contribution >= 0.6 is 0 Å². The predicted molar refractivity (Wildman–Crippen MR) is 81.4 cm³/mol. The molecule has 4 N–H and O–H groups in total. The lowest BCUT2D eigenvalue weighted by Crippen LogP contribution is -2.46. The van der Waals surface area contributed by atoms with Gasteiger partial charge in [-0.25, -0.2) is 13.6 Å². The fourth-order valence-corrected chi connectivity index (χ4v) is 3.32. The molecule has 0 radical (unpaired) electrons. The molecule has 1 saturated heterocycles. The molecule has 0 aliphatic carbocycles. The molecule has 21 heavy (non-hydrogen) atoms. The number of primary sulfonamides is 1. The van der Waals surface area contributed by atoms with Crippen molar-refractivity contribution in [3.8, 4) is 0 Å². The number of hydrogen-bond donors (Lipinski definition) is 3. The molecule has 0 aromatic heterocycles. The van der Waals surface area contributed by atoms with Crippen molar-refractivity contribution in [3.63, 3.8) is 0 Å². The summed E-state index contributed by atoms with van der Waals surface area (Å²) in [6.07, 6.45) is 1.75. The SMILES string of the molecule is Cc1ccc(NC(=O)C2(C)CCCNC2)cc1S(N)(=O)=O. The molecule has 0 bridgehead atoms. The molecule has 0 spiro atoms. The lowest BCUT2D eigenvalue weighted by atomic mass is 9.82. The van der Waals surface area contributed by atoms with Crippen LogP contribution in [0.3, 0.4) is 0 Å². The zero-order valence-electron chi connectivity index (χ0n) is 12.3. The first kappa shape index (κ1) is 15.9. The zero-order chi connectivity index (χ0) is 15.7. The summed E-state index contributed by atoms with van der Waals surface area (Å²) in [5, 5.41) is 11.2. The van der Waals surface area contributed by atoms with Crippen LogP contribution in [0.25, 0.3) is 0 Å². The molecule has 7 heteroatoms. The normalized spacial score (nSPS) is 22.8. The van der Waals surface area contributed by atoms with Gasteiger partial charge in [0.1, 0.15) is 0 Å². The highest BCUT2D eigenvalue weighted by atomic mass is 32.2. The molecular weight excluding hydrogens is 290 g/mol. The highest BCUT2D eigenvalue weighted by Crippen LogP contribution is 2.28. The van der Waals surface area contributed by atoms with Gasteiger partial charge in [0.25, 0.3) is 0 Å². The Labute approximate surface area is 125 Å². The van der Waals surface area contributed by atoms with Crippen LogP contribution in [0.2, 0.25) is 0 Å². The first-order valence-corrected chi connectivity index (χ1v) is 8.43. The Morgan fingerprint density at radius 2 is 2.14 bits per heavy atom. The monoisotopic (exact) mass is 311 g/mol. The Balaban J connectivity index is 2.22. The number of benzene rings is 1. The van der Waals surface area contributed by atoms with Crippen molar-refractivity contribution in [1.29, 1.82) is 0 Å². The molecule has 1 aromatic rings. The number of nitrogens with one attached hydrogen (secondary N) is 2. The van der Waals surface area contributed by atoms with Gasteiger partial charge in [-0.05, 0) is 50.9 Å². The third kappa shape index (κ3) is 3.61. The van der Waals surface area contributed by atoms with Crippen molar-refractivity contribution in [3.05, 3.63) is 23.8 Å². The van der Waals surface area contributed by atoms with Crippen molar-refractivity contribution in [1.82, 2.24) is 5.32 Å². The van der Waals surface area contributed by atoms with Crippen molar-refractivity contribution >= 4 is 21.6 Å². The minimum Gasteiger partial charge on any atom is -0.326 e. The zero-order valence-corrected chi connectivity index (χ0v) is 13.1. The number of carbonyl (C=O) groups excluding carboxylic acids is 1. The molecule has 0 saturated carbocycles. The number of piperidine rings is 1. The van der Waals surface area contributed by atoms with E-state index in [1.165, 1.54) is 6.07 Å². The van der Waals surface area contributed by atoms with Crippen LogP contribution in [0.5, 0.6) is 0 Å². The second-order valence-corrected chi connectivity index (χ2v) is 7.35. The second kappa shape index (κ2) is 5.75. The summed E-state index contributed by atoms with van der Waals surface area (Å²) in [5.74, 6) is -0.112. The summed E-state index contributed by atoms with van der Waals surface area (Å²) in [5.41, 5.74) is 0.521. The molecule has 1 heterocycles. The van der Waals surface area contributed by atoms with Gasteiger partial charge in [-0.15, -0.1) is 0 Å². The van der Waals surface area contributed by atoms with Crippen LogP contribution in [-0.4, -0.2) is 27.4 Å². The lowest BCUT2D eigenvalue weighted by Gasteiger charge is -2.32. The second-order valence-electron chi connectivity index (χ2n) is 5.82. The van der Waals surface area contributed by atoms with Crippen molar-refractivity contribution in [2.24, 2.45) is 10.6 Å². The van der Waals surface area contributed by atoms with Crippen molar-refractivity contribution in [2.75, 3.05) is 18.4 Å². The number of aryl methyl sites for hydroxylation is 1. The average molecular weight is 311 g/mol. The van der Waals surface area contributed by atoms with Gasteiger partial charge in [-0.1, -0.05) is 6.07 Å². The molecule has 6 nitrogen and oxygen atoms in total. The summed E-state index contributed by atoms with van der Waals surface area (Å²) < 4.78 is 23.0. The van der Waals surface area contributed by atoms with Crippen LogP contribution < -0.4 is 15.8 Å². The maximum atomic E-state index is 12.4. The van der Waals surface area contributed by atoms with Crippen LogP contribution in [0.4, 0.5) is 5.69 Å². The van der Waals surface area contributed by atoms with E-state index in [2.05, 4.69) is 10.6 Å². The molecule has 1 fully saturated rings. The first-order chi connectivity index (χ1) is 9.72.